The Morgan fingerprint density at radius 3 is 2.62 bits per heavy atom. The first kappa shape index (κ1) is 25.7. The minimum Gasteiger partial charge on any atom is -0.487 e. The number of aromatic nitrogens is 1. The van der Waals surface area contributed by atoms with Crippen molar-refractivity contribution < 1.29 is 9.84 Å². The number of nitrogens with zero attached hydrogens (tertiary/aromatic N) is 2. The Bertz CT molecular complexity index is 1300. The predicted octanol–water partition coefficient (Wildman–Crippen LogP) is 6.90. The first-order valence-corrected chi connectivity index (χ1v) is 13.5. The summed E-state index contributed by atoms with van der Waals surface area (Å²) in [6, 6.07) is 18.5. The minimum atomic E-state index is -0.410. The molecule has 3 aromatic rings. The van der Waals surface area contributed by atoms with Crippen LogP contribution >= 0.6 is 11.6 Å². The van der Waals surface area contributed by atoms with E-state index in [4.69, 9.17) is 16.3 Å². The van der Waals surface area contributed by atoms with Gasteiger partial charge in [0, 0.05) is 34.3 Å². The number of aliphatic hydroxyl groups is 1. The maximum Gasteiger partial charge on any atom is 0.131 e. The maximum atomic E-state index is 10.8. The van der Waals surface area contributed by atoms with Crippen LogP contribution in [-0.2, 0) is 12.0 Å². The smallest absolute Gasteiger partial charge is 0.131 e. The van der Waals surface area contributed by atoms with Crippen LogP contribution in [0.5, 0.6) is 5.75 Å². The largest absolute Gasteiger partial charge is 0.487 e. The van der Waals surface area contributed by atoms with Gasteiger partial charge in [-0.3, -0.25) is 4.98 Å². The molecule has 1 saturated heterocycles. The summed E-state index contributed by atoms with van der Waals surface area (Å²) in [4.78, 5) is 7.12. The lowest BCUT2D eigenvalue weighted by Crippen LogP contribution is -2.48. The fraction of sp³-hybridized carbons (Fsp3) is 0.344. The second-order valence-electron chi connectivity index (χ2n) is 10.4. The second-order valence-corrected chi connectivity index (χ2v) is 10.8. The van der Waals surface area contributed by atoms with Crippen molar-refractivity contribution in [1.29, 1.82) is 0 Å². The number of likely N-dealkylation sites (tertiary alicyclic amines) is 1. The second kappa shape index (κ2) is 10.8. The van der Waals surface area contributed by atoms with Crippen LogP contribution in [0, 0.1) is 0 Å². The first-order valence-electron chi connectivity index (χ1n) is 13.1. The van der Waals surface area contributed by atoms with Crippen LogP contribution in [0.3, 0.4) is 0 Å². The fourth-order valence-electron chi connectivity index (χ4n) is 5.74. The molecule has 1 unspecified atom stereocenters. The molecule has 0 aliphatic carbocycles. The monoisotopic (exact) mass is 514 g/mol. The Balaban J connectivity index is 1.35. The Labute approximate surface area is 225 Å². The molecule has 0 amide bonds. The van der Waals surface area contributed by atoms with E-state index in [9.17, 15) is 5.11 Å². The minimum absolute atomic E-state index is 0.222. The zero-order valence-corrected chi connectivity index (χ0v) is 22.5. The summed E-state index contributed by atoms with van der Waals surface area (Å²) in [7, 11) is 0. The number of fused-ring (bicyclic) bond motifs is 2. The summed E-state index contributed by atoms with van der Waals surface area (Å²) in [5.41, 5.74) is 7.49. The van der Waals surface area contributed by atoms with Gasteiger partial charge in [0.1, 0.15) is 12.4 Å². The fourth-order valence-corrected chi connectivity index (χ4v) is 5.86. The zero-order valence-electron chi connectivity index (χ0n) is 21.7. The van der Waals surface area contributed by atoms with E-state index >= 15 is 0 Å². The van der Waals surface area contributed by atoms with Crippen LogP contribution in [0.25, 0.3) is 11.1 Å². The Hall–Kier alpha value is -2.92. The van der Waals surface area contributed by atoms with Gasteiger partial charge in [0.2, 0.25) is 0 Å². The molecule has 3 heterocycles. The molecule has 0 radical (unpaired) electrons. The van der Waals surface area contributed by atoms with Crippen molar-refractivity contribution in [1.82, 2.24) is 9.88 Å². The number of hydrogen-bond acceptors (Lipinski definition) is 4. The Morgan fingerprint density at radius 1 is 1.16 bits per heavy atom. The van der Waals surface area contributed by atoms with Crippen LogP contribution < -0.4 is 4.74 Å². The van der Waals surface area contributed by atoms with Crippen molar-refractivity contribution >= 4 is 22.7 Å². The van der Waals surface area contributed by atoms with Crippen LogP contribution in [-0.4, -0.2) is 40.7 Å². The lowest BCUT2D eigenvalue weighted by atomic mass is 9.69. The molecule has 192 valence electrons. The topological polar surface area (TPSA) is 45.6 Å². The van der Waals surface area contributed by atoms with Crippen LogP contribution in [0.4, 0.5) is 0 Å². The number of piperidine rings is 1. The van der Waals surface area contributed by atoms with E-state index < -0.39 is 6.10 Å². The van der Waals surface area contributed by atoms with Crippen LogP contribution in [0.2, 0.25) is 5.02 Å². The first-order chi connectivity index (χ1) is 17.9. The van der Waals surface area contributed by atoms with Crippen LogP contribution in [0.1, 0.15) is 61.1 Å². The zero-order chi connectivity index (χ0) is 26.0. The number of pyridine rings is 1. The summed E-state index contributed by atoms with van der Waals surface area (Å²) < 4.78 is 6.16. The lowest BCUT2D eigenvalue weighted by molar-refractivity contribution is 0.0423. The molecule has 37 heavy (non-hydrogen) atoms. The van der Waals surface area contributed by atoms with Gasteiger partial charge in [-0.1, -0.05) is 54.1 Å². The number of aliphatic hydroxyl groups excluding tert-OH is 1. The van der Waals surface area contributed by atoms with E-state index in [1.807, 2.05) is 38.2 Å². The van der Waals surface area contributed by atoms with Crippen molar-refractivity contribution in [3.63, 3.8) is 0 Å². The highest BCUT2D eigenvalue weighted by molar-refractivity contribution is 6.30. The molecule has 0 spiro atoms. The van der Waals surface area contributed by atoms with E-state index in [0.29, 0.717) is 6.61 Å². The summed E-state index contributed by atoms with van der Waals surface area (Å²) >= 11 is 6.13. The normalized spacial score (nSPS) is 18.9. The Kier molecular flexibility index (Phi) is 7.52. The van der Waals surface area contributed by atoms with Gasteiger partial charge in [-0.05, 0) is 93.2 Å². The highest BCUT2D eigenvalue weighted by Gasteiger charge is 2.40. The molecule has 1 fully saturated rings. The molecule has 1 atom stereocenters. The molecule has 2 aliphatic rings. The number of allylic oxidation sites excluding steroid dienone is 1. The molecule has 5 rings (SSSR count). The molecule has 0 saturated carbocycles. The van der Waals surface area contributed by atoms with Crippen LogP contribution in [0.15, 0.2) is 73.4 Å². The van der Waals surface area contributed by atoms with Crippen molar-refractivity contribution in [2.24, 2.45) is 0 Å². The average Bonchev–Trinajstić information content (AvgIpc) is 3.06. The average molecular weight is 515 g/mol. The number of rotatable bonds is 6. The van der Waals surface area contributed by atoms with Gasteiger partial charge in [-0.15, -0.1) is 0 Å². The summed E-state index contributed by atoms with van der Waals surface area (Å²) in [5, 5.41) is 11.5. The van der Waals surface area contributed by atoms with Crippen molar-refractivity contribution in [2.75, 3.05) is 19.6 Å². The molecular formula is C32H35ClN2O2. The van der Waals surface area contributed by atoms with Crippen molar-refractivity contribution in [3.8, 4) is 5.75 Å². The van der Waals surface area contributed by atoms with E-state index in [0.717, 1.165) is 77.6 Å². The molecule has 1 aromatic heterocycles. The molecule has 4 nitrogen and oxygen atoms in total. The van der Waals surface area contributed by atoms with Gasteiger partial charge in [0.15, 0.2) is 0 Å². The third-order valence-corrected chi connectivity index (χ3v) is 8.32. The molecule has 5 heteroatoms. The van der Waals surface area contributed by atoms with E-state index in [-0.39, 0.29) is 5.41 Å². The van der Waals surface area contributed by atoms with Gasteiger partial charge in [-0.25, -0.2) is 0 Å². The highest BCUT2D eigenvalue weighted by atomic mass is 35.5. The van der Waals surface area contributed by atoms with Crippen molar-refractivity contribution in [3.05, 3.63) is 106 Å². The number of halogens is 1. The van der Waals surface area contributed by atoms with Gasteiger partial charge >= 0.3 is 0 Å². The van der Waals surface area contributed by atoms with Crippen molar-refractivity contribution in [2.45, 2.75) is 51.2 Å². The van der Waals surface area contributed by atoms with Gasteiger partial charge in [-0.2, -0.15) is 0 Å². The van der Waals surface area contributed by atoms with E-state index in [2.05, 4.69) is 58.9 Å². The third kappa shape index (κ3) is 5.24. The lowest BCUT2D eigenvalue weighted by Gasteiger charge is -2.44. The Morgan fingerprint density at radius 2 is 1.92 bits per heavy atom. The summed E-state index contributed by atoms with van der Waals surface area (Å²) in [6.07, 6.45) is 6.53. The molecule has 1 N–H and O–H groups in total. The van der Waals surface area contributed by atoms with Gasteiger partial charge in [0.25, 0.3) is 0 Å². The molecule has 2 aliphatic heterocycles. The van der Waals surface area contributed by atoms with E-state index in [1.54, 1.807) is 0 Å². The predicted molar refractivity (Wildman–Crippen MR) is 152 cm³/mol. The van der Waals surface area contributed by atoms with E-state index in [1.165, 1.54) is 11.1 Å². The molecular weight excluding hydrogens is 480 g/mol. The molecule has 0 bridgehead atoms. The standard InChI is InChI=1S/C32H35ClN2O2/c1-22(2)24-8-13-31-29(20-24)27(28-6-4-16-34-30(28)21-37-31)7-5-17-35-18-14-32(15-19-35,23(3)36)25-9-11-26(33)12-10-25/h4,6-13,16,20,23,36H,1,5,14-15,17-19,21H2,2-3H3. The number of hydrogen-bond donors (Lipinski definition) is 1. The number of benzene rings is 2. The highest BCUT2D eigenvalue weighted by Crippen LogP contribution is 2.40. The maximum absolute atomic E-state index is 10.8. The summed E-state index contributed by atoms with van der Waals surface area (Å²) in [5.74, 6) is 0.886. The van der Waals surface area contributed by atoms with Gasteiger partial charge in [0.05, 0.1) is 11.8 Å². The number of ether oxygens (including phenoxy) is 1. The SMILES string of the molecule is C=C(C)c1ccc2c(c1)C(=CCCN1CCC(c3ccc(Cl)cc3)(C(C)O)CC1)c1cccnc1CO2. The molecule has 2 aromatic carbocycles. The van der Waals surface area contributed by atoms with Gasteiger partial charge < -0.3 is 14.7 Å². The quantitative estimate of drug-likeness (QED) is 0.388. The third-order valence-electron chi connectivity index (χ3n) is 8.07. The summed E-state index contributed by atoms with van der Waals surface area (Å²) in [6.45, 7) is 11.4.